The molecule has 7 heteroatoms. The van der Waals surface area contributed by atoms with E-state index < -0.39 is 0 Å². The van der Waals surface area contributed by atoms with E-state index in [2.05, 4.69) is 15.2 Å². The van der Waals surface area contributed by atoms with Gasteiger partial charge in [-0.05, 0) is 49.1 Å². The molecule has 1 aliphatic rings. The van der Waals surface area contributed by atoms with E-state index in [1.807, 2.05) is 17.5 Å². The molecule has 0 saturated carbocycles. The first-order chi connectivity index (χ1) is 15.2. The maximum Gasteiger partial charge on any atom is 0.255 e. The number of aromatic nitrogens is 1. The van der Waals surface area contributed by atoms with E-state index in [4.69, 9.17) is 4.42 Å². The number of carbonyl (C=O) groups is 1. The van der Waals surface area contributed by atoms with Gasteiger partial charge in [0, 0.05) is 41.9 Å². The minimum Gasteiger partial charge on any atom is -0.439 e. The molecule has 0 spiro atoms. The lowest BCUT2D eigenvalue weighted by Crippen LogP contribution is -2.29. The first-order valence-electron chi connectivity index (χ1n) is 10.3. The fraction of sp³-hybridized carbons (Fsp3) is 0.208. The fourth-order valence-corrected chi connectivity index (χ4v) is 4.75. The van der Waals surface area contributed by atoms with E-state index >= 15 is 0 Å². The number of rotatable bonds is 4. The van der Waals surface area contributed by atoms with Crippen LogP contribution in [0, 0.1) is 0 Å². The number of pyridine rings is 1. The normalized spacial score (nSPS) is 14.0. The lowest BCUT2D eigenvalue weighted by atomic mass is 10.1. The van der Waals surface area contributed by atoms with Crippen LogP contribution in [-0.2, 0) is 0 Å². The summed E-state index contributed by atoms with van der Waals surface area (Å²) in [7, 11) is 0. The second-order valence-electron chi connectivity index (χ2n) is 7.58. The molecule has 0 unspecified atom stereocenters. The SMILES string of the molecule is O=C(Nc1cccnc1)c1ccc(-c2csc3c(=O)cc(N4CCCCC4)oc23)cc1. The molecule has 1 aliphatic heterocycles. The number of fused-ring (bicyclic) bond motifs is 1. The van der Waals surface area contributed by atoms with Crippen LogP contribution in [0.15, 0.2) is 69.5 Å². The Labute approximate surface area is 183 Å². The number of thiophene rings is 1. The topological polar surface area (TPSA) is 75.4 Å². The molecule has 31 heavy (non-hydrogen) atoms. The molecule has 1 saturated heterocycles. The van der Waals surface area contributed by atoms with Crippen LogP contribution in [0.5, 0.6) is 0 Å². The minimum absolute atomic E-state index is 0.00876. The summed E-state index contributed by atoms with van der Waals surface area (Å²) in [5.41, 5.74) is 3.57. The fourth-order valence-electron chi connectivity index (χ4n) is 3.84. The van der Waals surface area contributed by atoms with Crippen molar-refractivity contribution in [1.82, 2.24) is 4.98 Å². The molecular formula is C24H21N3O3S. The van der Waals surface area contributed by atoms with Crippen LogP contribution in [0.2, 0.25) is 0 Å². The summed E-state index contributed by atoms with van der Waals surface area (Å²) in [5, 5.41) is 4.77. The highest BCUT2D eigenvalue weighted by Crippen LogP contribution is 2.35. The number of piperidine rings is 1. The van der Waals surface area contributed by atoms with Crippen molar-refractivity contribution in [2.24, 2.45) is 0 Å². The Morgan fingerprint density at radius 3 is 2.65 bits per heavy atom. The quantitative estimate of drug-likeness (QED) is 0.483. The zero-order valence-corrected chi connectivity index (χ0v) is 17.7. The van der Waals surface area contributed by atoms with Crippen LogP contribution >= 0.6 is 11.3 Å². The van der Waals surface area contributed by atoms with E-state index in [9.17, 15) is 9.59 Å². The van der Waals surface area contributed by atoms with Crippen LogP contribution < -0.4 is 15.6 Å². The summed E-state index contributed by atoms with van der Waals surface area (Å²) in [4.78, 5) is 31.3. The number of carbonyl (C=O) groups excluding carboxylic acids is 1. The minimum atomic E-state index is -0.200. The molecule has 1 aromatic carbocycles. The van der Waals surface area contributed by atoms with Gasteiger partial charge in [0.15, 0.2) is 11.5 Å². The van der Waals surface area contributed by atoms with Gasteiger partial charge in [-0.2, -0.15) is 0 Å². The molecule has 4 heterocycles. The maximum atomic E-state index is 12.7. The zero-order chi connectivity index (χ0) is 21.2. The van der Waals surface area contributed by atoms with Crippen molar-refractivity contribution >= 4 is 39.1 Å². The van der Waals surface area contributed by atoms with Gasteiger partial charge in [0.2, 0.25) is 5.43 Å². The molecule has 1 fully saturated rings. The van der Waals surface area contributed by atoms with E-state index in [-0.39, 0.29) is 11.3 Å². The Morgan fingerprint density at radius 1 is 1.10 bits per heavy atom. The summed E-state index contributed by atoms with van der Waals surface area (Å²) < 4.78 is 6.83. The van der Waals surface area contributed by atoms with Crippen LogP contribution in [0.25, 0.3) is 21.4 Å². The van der Waals surface area contributed by atoms with Crippen molar-refractivity contribution in [3.63, 3.8) is 0 Å². The van der Waals surface area contributed by atoms with Crippen LogP contribution in [0.3, 0.4) is 0 Å². The van der Waals surface area contributed by atoms with Gasteiger partial charge >= 0.3 is 0 Å². The highest BCUT2D eigenvalue weighted by molar-refractivity contribution is 7.17. The van der Waals surface area contributed by atoms with Gasteiger partial charge in [0.25, 0.3) is 5.91 Å². The zero-order valence-electron chi connectivity index (χ0n) is 16.8. The lowest BCUT2D eigenvalue weighted by Gasteiger charge is -2.26. The van der Waals surface area contributed by atoms with E-state index in [0.29, 0.717) is 27.4 Å². The monoisotopic (exact) mass is 431 g/mol. The maximum absolute atomic E-state index is 12.7. The Morgan fingerprint density at radius 2 is 1.90 bits per heavy atom. The Hall–Kier alpha value is -3.45. The van der Waals surface area contributed by atoms with Gasteiger partial charge in [-0.25, -0.2) is 0 Å². The third kappa shape index (κ3) is 3.96. The summed E-state index contributed by atoms with van der Waals surface area (Å²) >= 11 is 1.39. The number of nitrogens with zero attached hydrogens (tertiary/aromatic N) is 2. The van der Waals surface area contributed by atoms with Gasteiger partial charge in [0.05, 0.1) is 11.9 Å². The van der Waals surface area contributed by atoms with Crippen LogP contribution in [0.1, 0.15) is 29.6 Å². The number of benzene rings is 1. The average molecular weight is 432 g/mol. The Kier molecular flexibility index (Phi) is 5.26. The van der Waals surface area contributed by atoms with E-state index in [0.717, 1.165) is 37.1 Å². The summed E-state index contributed by atoms with van der Waals surface area (Å²) in [5.74, 6) is 0.443. The highest BCUT2D eigenvalue weighted by Gasteiger charge is 2.18. The molecule has 3 aromatic heterocycles. The highest BCUT2D eigenvalue weighted by atomic mass is 32.1. The average Bonchev–Trinajstić information content (AvgIpc) is 3.25. The molecule has 1 N–H and O–H groups in total. The third-order valence-corrected chi connectivity index (χ3v) is 6.45. The van der Waals surface area contributed by atoms with Crippen LogP contribution in [-0.4, -0.2) is 24.0 Å². The Balaban J connectivity index is 1.44. The van der Waals surface area contributed by atoms with Crippen LogP contribution in [0.4, 0.5) is 11.6 Å². The number of hydrogen-bond donors (Lipinski definition) is 1. The van der Waals surface area contributed by atoms with Crippen molar-refractivity contribution < 1.29 is 9.21 Å². The van der Waals surface area contributed by atoms with Crippen molar-refractivity contribution in [3.8, 4) is 11.1 Å². The van der Waals surface area contributed by atoms with E-state index in [1.54, 1.807) is 42.7 Å². The molecular weight excluding hydrogens is 410 g/mol. The van der Waals surface area contributed by atoms with Crippen molar-refractivity contribution in [2.45, 2.75) is 19.3 Å². The third-order valence-electron chi connectivity index (χ3n) is 5.48. The molecule has 1 amide bonds. The number of hydrogen-bond acceptors (Lipinski definition) is 6. The van der Waals surface area contributed by atoms with Crippen molar-refractivity contribution in [1.29, 1.82) is 0 Å². The molecule has 0 bridgehead atoms. The first kappa shape index (κ1) is 19.5. The van der Waals surface area contributed by atoms with Gasteiger partial charge in [0.1, 0.15) is 4.70 Å². The molecule has 4 aromatic rings. The standard InChI is InChI=1S/C24H21N3O3S/c28-20-13-21(27-11-2-1-3-12-27)30-22-19(15-31-23(20)22)16-6-8-17(9-7-16)24(29)26-18-5-4-10-25-14-18/h4-10,13-15H,1-3,11-12H2,(H,26,29). The summed E-state index contributed by atoms with van der Waals surface area (Å²) in [6, 6.07) is 12.5. The van der Waals surface area contributed by atoms with Gasteiger partial charge in [-0.1, -0.05) is 12.1 Å². The lowest BCUT2D eigenvalue weighted by molar-refractivity contribution is 0.102. The number of anilines is 2. The number of amides is 1. The summed E-state index contributed by atoms with van der Waals surface area (Å²) in [6.45, 7) is 1.82. The Bertz CT molecular complexity index is 1270. The largest absolute Gasteiger partial charge is 0.439 e. The van der Waals surface area contributed by atoms with Gasteiger partial charge < -0.3 is 14.6 Å². The van der Waals surface area contributed by atoms with Crippen molar-refractivity contribution in [3.05, 3.63) is 76.0 Å². The first-order valence-corrected chi connectivity index (χ1v) is 11.2. The second-order valence-corrected chi connectivity index (χ2v) is 8.46. The molecule has 6 nitrogen and oxygen atoms in total. The predicted molar refractivity (Wildman–Crippen MR) is 124 cm³/mol. The molecule has 156 valence electrons. The molecule has 0 radical (unpaired) electrons. The van der Waals surface area contributed by atoms with E-state index in [1.165, 1.54) is 17.8 Å². The number of nitrogens with one attached hydrogen (secondary N) is 1. The molecule has 5 rings (SSSR count). The smallest absolute Gasteiger partial charge is 0.255 e. The van der Waals surface area contributed by atoms with Gasteiger partial charge in [-0.3, -0.25) is 14.6 Å². The molecule has 0 aliphatic carbocycles. The van der Waals surface area contributed by atoms with Gasteiger partial charge in [-0.15, -0.1) is 11.3 Å². The van der Waals surface area contributed by atoms with Crippen molar-refractivity contribution in [2.75, 3.05) is 23.3 Å². The second kappa shape index (κ2) is 8.35. The predicted octanol–water partition coefficient (Wildman–Crippen LogP) is 5.16. The molecule has 0 atom stereocenters. The summed E-state index contributed by atoms with van der Waals surface area (Å²) in [6.07, 6.45) is 6.70.